The van der Waals surface area contributed by atoms with Crippen molar-refractivity contribution in [2.24, 2.45) is 34.7 Å². The molecule has 1 aromatic carbocycles. The van der Waals surface area contributed by atoms with Gasteiger partial charge in [0.15, 0.2) is 0 Å². The van der Waals surface area contributed by atoms with E-state index in [9.17, 15) is 53.8 Å². The van der Waals surface area contributed by atoms with Crippen LogP contribution < -0.4 is 20.7 Å². The van der Waals surface area contributed by atoms with Crippen molar-refractivity contribution >= 4 is 59.0 Å². The molecule has 80 heavy (non-hydrogen) atoms. The summed E-state index contributed by atoms with van der Waals surface area (Å²) in [5.74, 6) is -9.14. The molecule has 0 unspecified atom stereocenters. The number of hydrogen-bond acceptors (Lipinski definition) is 16. The molecule has 0 radical (unpaired) electrons. The molecule has 0 saturated carbocycles. The lowest BCUT2D eigenvalue weighted by Gasteiger charge is -2.36. The number of carbonyl (C=O) groups excluding carboxylic acids is 9. The molecule has 13 atom stereocenters. The zero-order valence-electron chi connectivity index (χ0n) is 49.3. The zero-order chi connectivity index (χ0) is 60.0. The van der Waals surface area contributed by atoms with Crippen molar-refractivity contribution in [2.45, 2.75) is 201 Å². The van der Waals surface area contributed by atoms with Crippen LogP contribution in [-0.2, 0) is 59.0 Å². The SMILES string of the molecule is CC[C@H](C)[C@@H]1NC(=O)[C@@H](NC(=O)[C@@H](CC(C)C)N(C)C(=O)[C@@H]2CCCN2C(=O)[C@H](C)O)[C@@H](C)OC(=O)[C@H](Cc2ccc(OC)cc2)N(C)C(=O)[C@@H]2CCCN2C(=O)[C@H](CC(C)C)NC(=O)[C@@H](C)/C(=N\O)[C@H](C(C)C)OC(=O)C[C@@H]1O. The van der Waals surface area contributed by atoms with Gasteiger partial charge in [-0.2, -0.15) is 0 Å². The Balaban J connectivity index is 1.90. The molecule has 23 nitrogen and oxygen atoms in total. The summed E-state index contributed by atoms with van der Waals surface area (Å²) in [6.07, 6.45) is -4.79. The first-order valence-corrected chi connectivity index (χ1v) is 28.2. The van der Waals surface area contributed by atoms with Gasteiger partial charge < -0.3 is 65.2 Å². The predicted molar refractivity (Wildman–Crippen MR) is 294 cm³/mol. The third kappa shape index (κ3) is 16.9. The van der Waals surface area contributed by atoms with Crippen molar-refractivity contribution in [1.82, 2.24) is 35.6 Å². The number of methoxy groups -OCH3 is 1. The molecule has 3 fully saturated rings. The van der Waals surface area contributed by atoms with Gasteiger partial charge in [0.2, 0.25) is 35.4 Å². The summed E-state index contributed by atoms with van der Waals surface area (Å²) in [7, 11) is 4.30. The number of nitrogens with one attached hydrogen (secondary N) is 3. The van der Waals surface area contributed by atoms with Gasteiger partial charge in [0.05, 0.1) is 31.6 Å². The number of aliphatic hydroxyl groups is 2. The highest BCUT2D eigenvalue weighted by molar-refractivity contribution is 6.07. The maximum Gasteiger partial charge on any atom is 0.329 e. The van der Waals surface area contributed by atoms with Gasteiger partial charge in [-0.05, 0) is 101 Å². The maximum atomic E-state index is 15.0. The number of fused-ring (bicyclic) bond motifs is 1. The third-order valence-corrected chi connectivity index (χ3v) is 15.6. The number of rotatable bonds is 15. The van der Waals surface area contributed by atoms with Crippen molar-refractivity contribution in [2.75, 3.05) is 34.3 Å². The Morgan fingerprint density at radius 1 is 0.887 bits per heavy atom. The fourth-order valence-corrected chi connectivity index (χ4v) is 10.7. The Bertz CT molecular complexity index is 2360. The predicted octanol–water partition coefficient (Wildman–Crippen LogP) is 2.58. The molecule has 3 heterocycles. The van der Waals surface area contributed by atoms with Crippen molar-refractivity contribution in [1.29, 1.82) is 0 Å². The number of cyclic esters (lactones) is 2. The number of ether oxygens (including phenoxy) is 3. The first-order chi connectivity index (χ1) is 37.6. The van der Waals surface area contributed by atoms with Gasteiger partial charge in [-0.1, -0.05) is 79.1 Å². The second-order valence-electron chi connectivity index (χ2n) is 23.1. The molecule has 3 aliphatic rings. The highest BCUT2D eigenvalue weighted by atomic mass is 16.6. The van der Waals surface area contributed by atoms with Crippen LogP contribution in [0.15, 0.2) is 29.4 Å². The van der Waals surface area contributed by atoms with Crippen LogP contribution in [0.4, 0.5) is 0 Å². The lowest BCUT2D eigenvalue weighted by atomic mass is 9.91. The standard InChI is InChI=1S/C57H90N8O15/c1-15-33(8)46-44(67)29-45(68)80-49(32(6)7)47(61-77)34(9)50(69)58-39(26-30(2)3)54(73)65-25-17-19-41(65)56(75)63(13)43(28-37-20-22-38(78-14)23-21-37)57(76)79-36(11)48(52(71)59-46)60-51(70)42(27-31(4)5)62(12)55(74)40-18-16-24-64(40)53(72)35(10)66/h20-23,30-36,39-44,46,48-49,66-67,77H,15-19,24-29H2,1-14H3,(H,58,69)(H,59,71)(H,60,70)/b61-47+/t33-,34-,35-,36+,39-,40-,41-,42+,43-,44-,46-,48-,49-/m0/s1. The molecule has 7 amide bonds. The summed E-state index contributed by atoms with van der Waals surface area (Å²) in [5.41, 5.74) is 0.331. The van der Waals surface area contributed by atoms with Crippen LogP contribution in [-0.4, -0.2) is 195 Å². The van der Waals surface area contributed by atoms with Crippen LogP contribution in [0.3, 0.4) is 0 Å². The minimum atomic E-state index is -1.76. The molecule has 6 N–H and O–H groups in total. The molecular weight excluding hydrogens is 1040 g/mol. The van der Waals surface area contributed by atoms with Crippen LogP contribution in [0.5, 0.6) is 5.75 Å². The molecule has 0 bridgehead atoms. The number of benzene rings is 1. The molecule has 0 aliphatic carbocycles. The topological polar surface area (TPSA) is 303 Å². The number of carbonyl (C=O) groups is 9. The van der Waals surface area contributed by atoms with Gasteiger partial charge in [-0.3, -0.25) is 38.4 Å². The van der Waals surface area contributed by atoms with E-state index in [4.69, 9.17) is 14.2 Å². The van der Waals surface area contributed by atoms with Crippen molar-refractivity contribution in [3.05, 3.63) is 29.8 Å². The fraction of sp³-hybridized carbons (Fsp3) is 0.719. The average molecular weight is 1130 g/mol. The Kier molecular flexibility index (Phi) is 24.7. The highest BCUT2D eigenvalue weighted by Crippen LogP contribution is 2.27. The number of likely N-dealkylation sites (tertiary alicyclic amines) is 1. The molecule has 23 heteroatoms. The first kappa shape index (κ1) is 66.2. The summed E-state index contributed by atoms with van der Waals surface area (Å²) < 4.78 is 17.4. The normalized spacial score (nSPS) is 28.0. The summed E-state index contributed by atoms with van der Waals surface area (Å²) >= 11 is 0. The largest absolute Gasteiger partial charge is 0.497 e. The Labute approximate surface area is 471 Å². The fourth-order valence-electron chi connectivity index (χ4n) is 10.7. The number of likely N-dealkylation sites (N-methyl/N-ethyl adjacent to an activating group) is 2. The third-order valence-electron chi connectivity index (χ3n) is 15.6. The van der Waals surface area contributed by atoms with E-state index in [-0.39, 0.29) is 62.7 Å². The van der Waals surface area contributed by atoms with Crippen LogP contribution in [0, 0.1) is 29.6 Å². The molecular formula is C57H90N8O15. The van der Waals surface area contributed by atoms with Crippen molar-refractivity contribution in [3.8, 4) is 5.75 Å². The Morgan fingerprint density at radius 2 is 1.52 bits per heavy atom. The van der Waals surface area contributed by atoms with Gasteiger partial charge in [0, 0.05) is 33.6 Å². The van der Waals surface area contributed by atoms with Crippen LogP contribution >= 0.6 is 0 Å². The molecule has 1 aromatic rings. The summed E-state index contributed by atoms with van der Waals surface area (Å²) in [6.45, 7) is 18.6. The lowest BCUT2D eigenvalue weighted by Crippen LogP contribution is -2.62. The van der Waals surface area contributed by atoms with Gasteiger partial charge in [0.1, 0.15) is 66.0 Å². The molecule has 3 aliphatic heterocycles. The average Bonchev–Trinajstić information content (AvgIpc) is 4.17. The molecule has 4 rings (SSSR count). The van der Waals surface area contributed by atoms with Crippen molar-refractivity contribution in [3.63, 3.8) is 0 Å². The van der Waals surface area contributed by atoms with Gasteiger partial charge in [-0.15, -0.1) is 0 Å². The molecule has 0 spiro atoms. The van der Waals surface area contributed by atoms with E-state index in [0.29, 0.717) is 30.6 Å². The second kappa shape index (κ2) is 29.9. The number of nitrogens with zero attached hydrogens (tertiary/aromatic N) is 5. The summed E-state index contributed by atoms with van der Waals surface area (Å²) in [5, 5.41) is 44.2. The van der Waals surface area contributed by atoms with Gasteiger partial charge in [0.25, 0.3) is 5.91 Å². The molecule has 3 saturated heterocycles. The monoisotopic (exact) mass is 1130 g/mol. The van der Waals surface area contributed by atoms with E-state index in [1.165, 1.54) is 61.6 Å². The van der Waals surface area contributed by atoms with E-state index in [0.717, 1.165) is 0 Å². The number of esters is 2. The Hall–Kier alpha value is -6.36. The lowest BCUT2D eigenvalue weighted by molar-refractivity contribution is -0.162. The first-order valence-electron chi connectivity index (χ1n) is 28.2. The minimum absolute atomic E-state index is 0.0722. The Morgan fingerprint density at radius 3 is 2.09 bits per heavy atom. The van der Waals surface area contributed by atoms with Gasteiger partial charge in [-0.25, -0.2) is 4.79 Å². The van der Waals surface area contributed by atoms with E-state index >= 15 is 4.79 Å². The van der Waals surface area contributed by atoms with Crippen molar-refractivity contribution < 1.29 is 72.8 Å². The number of hydrogen-bond donors (Lipinski definition) is 6. The highest BCUT2D eigenvalue weighted by Gasteiger charge is 2.46. The van der Waals surface area contributed by atoms with E-state index in [1.54, 1.807) is 52.0 Å². The van der Waals surface area contributed by atoms with E-state index in [2.05, 4.69) is 21.1 Å². The number of aliphatic hydroxyl groups excluding tert-OH is 2. The van der Waals surface area contributed by atoms with Gasteiger partial charge >= 0.3 is 11.9 Å². The van der Waals surface area contributed by atoms with Crippen LogP contribution in [0.1, 0.15) is 133 Å². The number of amides is 7. The van der Waals surface area contributed by atoms with Crippen LogP contribution in [0.2, 0.25) is 0 Å². The molecule has 0 aromatic heterocycles. The van der Waals surface area contributed by atoms with E-state index < -0.39 is 144 Å². The zero-order valence-corrected chi connectivity index (χ0v) is 49.3. The maximum absolute atomic E-state index is 15.0. The van der Waals surface area contributed by atoms with E-state index in [1.807, 2.05) is 27.7 Å². The molecule has 448 valence electrons. The second-order valence-corrected chi connectivity index (χ2v) is 23.1. The number of oxime groups is 1. The minimum Gasteiger partial charge on any atom is -0.497 e. The summed E-state index contributed by atoms with van der Waals surface area (Å²) in [6, 6.07) is -2.16. The van der Waals surface area contributed by atoms with Crippen LogP contribution in [0.25, 0.3) is 0 Å². The smallest absolute Gasteiger partial charge is 0.329 e. The summed E-state index contributed by atoms with van der Waals surface area (Å²) in [4.78, 5) is 135. The quantitative estimate of drug-likeness (QED) is 0.0836.